The maximum atomic E-state index is 13.5. The number of amides is 1. The summed E-state index contributed by atoms with van der Waals surface area (Å²) < 4.78 is 58.7. The standard InChI is InChI=1S/C21H21ClF4N2O2.ClH/c22-16-6-8-18(9-7-16)27-20(29)30-19(21(24,25)26)13-28-10-2-4-15(12-28)14-3-1-5-17(23)11-14;/h1,3,5-9,11,15,19H,2,4,10,12-13H2,(H,27,29);1H/t15-,19?;/m1./s1. The van der Waals surface area contributed by atoms with Gasteiger partial charge in [-0.25, -0.2) is 9.18 Å². The first-order valence-corrected chi connectivity index (χ1v) is 9.86. The Morgan fingerprint density at radius 2 is 1.94 bits per heavy atom. The number of piperidine rings is 1. The van der Waals surface area contributed by atoms with E-state index in [9.17, 15) is 22.4 Å². The van der Waals surface area contributed by atoms with Crippen molar-refractivity contribution in [1.29, 1.82) is 0 Å². The van der Waals surface area contributed by atoms with E-state index in [0.717, 1.165) is 12.0 Å². The third kappa shape index (κ3) is 7.55. The van der Waals surface area contributed by atoms with Crippen molar-refractivity contribution in [2.45, 2.75) is 31.0 Å². The van der Waals surface area contributed by atoms with E-state index in [1.54, 1.807) is 17.0 Å². The third-order valence-electron chi connectivity index (χ3n) is 4.95. The SMILES string of the molecule is Cl.O=C(Nc1ccc(Cl)cc1)OC(CN1CCC[C@@H](c2cccc(F)c2)C1)C(F)(F)F. The van der Waals surface area contributed by atoms with Crippen molar-refractivity contribution in [2.75, 3.05) is 25.0 Å². The van der Waals surface area contributed by atoms with Gasteiger partial charge in [-0.05, 0) is 67.3 Å². The molecule has 1 aliphatic rings. The summed E-state index contributed by atoms with van der Waals surface area (Å²) in [6, 6.07) is 12.0. The van der Waals surface area contributed by atoms with Crippen LogP contribution in [0.15, 0.2) is 48.5 Å². The summed E-state index contributed by atoms with van der Waals surface area (Å²) in [5, 5.41) is 2.70. The molecule has 0 spiro atoms. The molecule has 0 radical (unpaired) electrons. The Labute approximate surface area is 188 Å². The van der Waals surface area contributed by atoms with Crippen LogP contribution in [0, 0.1) is 5.82 Å². The molecule has 2 aromatic carbocycles. The predicted molar refractivity (Wildman–Crippen MR) is 113 cm³/mol. The summed E-state index contributed by atoms with van der Waals surface area (Å²) in [6.45, 7) is 0.294. The molecule has 2 aromatic rings. The third-order valence-corrected chi connectivity index (χ3v) is 5.21. The highest BCUT2D eigenvalue weighted by molar-refractivity contribution is 6.30. The molecule has 4 nitrogen and oxygen atoms in total. The zero-order valence-electron chi connectivity index (χ0n) is 16.4. The minimum Gasteiger partial charge on any atom is -0.435 e. The molecular weight excluding hydrogens is 459 g/mol. The molecule has 170 valence electrons. The minimum atomic E-state index is -4.72. The minimum absolute atomic E-state index is 0. The van der Waals surface area contributed by atoms with E-state index in [0.29, 0.717) is 24.5 Å². The van der Waals surface area contributed by atoms with Crippen LogP contribution in [0.3, 0.4) is 0 Å². The second-order valence-electron chi connectivity index (χ2n) is 7.22. The first-order valence-electron chi connectivity index (χ1n) is 9.48. The fourth-order valence-corrected chi connectivity index (χ4v) is 3.63. The molecule has 1 fully saturated rings. The van der Waals surface area contributed by atoms with Crippen LogP contribution in [0.25, 0.3) is 0 Å². The van der Waals surface area contributed by atoms with Gasteiger partial charge in [0.15, 0.2) is 0 Å². The van der Waals surface area contributed by atoms with Gasteiger partial charge in [-0.2, -0.15) is 13.2 Å². The molecule has 0 aliphatic carbocycles. The van der Waals surface area contributed by atoms with Crippen molar-refractivity contribution < 1.29 is 27.1 Å². The maximum Gasteiger partial charge on any atom is 0.426 e. The lowest BCUT2D eigenvalue weighted by molar-refractivity contribution is -0.207. The normalized spacial score (nSPS) is 18.0. The van der Waals surface area contributed by atoms with Crippen LogP contribution in [0.1, 0.15) is 24.3 Å². The monoisotopic (exact) mass is 480 g/mol. The van der Waals surface area contributed by atoms with Crippen molar-refractivity contribution in [2.24, 2.45) is 0 Å². The molecule has 3 rings (SSSR count). The molecule has 1 unspecified atom stereocenters. The number of nitrogens with zero attached hydrogens (tertiary/aromatic N) is 1. The molecule has 31 heavy (non-hydrogen) atoms. The van der Waals surface area contributed by atoms with Crippen LogP contribution in [-0.4, -0.2) is 42.9 Å². The molecule has 10 heteroatoms. The van der Waals surface area contributed by atoms with Crippen LogP contribution < -0.4 is 5.32 Å². The van der Waals surface area contributed by atoms with Crippen LogP contribution in [-0.2, 0) is 4.74 Å². The topological polar surface area (TPSA) is 41.6 Å². The Morgan fingerprint density at radius 1 is 1.23 bits per heavy atom. The van der Waals surface area contributed by atoms with Gasteiger partial charge in [-0.3, -0.25) is 10.2 Å². The smallest absolute Gasteiger partial charge is 0.426 e. The highest BCUT2D eigenvalue weighted by Crippen LogP contribution is 2.30. The van der Waals surface area contributed by atoms with Gasteiger partial charge in [0.2, 0.25) is 6.10 Å². The molecule has 1 N–H and O–H groups in total. The fourth-order valence-electron chi connectivity index (χ4n) is 3.51. The van der Waals surface area contributed by atoms with Crippen molar-refractivity contribution in [3.8, 4) is 0 Å². The first kappa shape index (κ1) is 25.2. The van der Waals surface area contributed by atoms with Crippen molar-refractivity contribution in [1.82, 2.24) is 4.90 Å². The van der Waals surface area contributed by atoms with E-state index < -0.39 is 24.9 Å². The molecule has 2 atom stereocenters. The van der Waals surface area contributed by atoms with Crippen LogP contribution in [0.2, 0.25) is 5.02 Å². The van der Waals surface area contributed by atoms with Crippen molar-refractivity contribution in [3.63, 3.8) is 0 Å². The summed E-state index contributed by atoms with van der Waals surface area (Å²) in [7, 11) is 0. The molecular formula is C21H22Cl2F4N2O2. The Hall–Kier alpha value is -2.03. The van der Waals surface area contributed by atoms with Crippen molar-refractivity contribution >= 4 is 35.8 Å². The number of halogens is 6. The fraction of sp³-hybridized carbons (Fsp3) is 0.381. The molecule has 0 aromatic heterocycles. The number of rotatable bonds is 5. The highest BCUT2D eigenvalue weighted by atomic mass is 35.5. The van der Waals surface area contributed by atoms with Gasteiger partial charge in [0.05, 0.1) is 0 Å². The Kier molecular flexibility index (Phi) is 8.97. The number of benzene rings is 2. The number of carbonyl (C=O) groups excluding carboxylic acids is 1. The number of ether oxygens (including phenoxy) is 1. The van der Waals surface area contributed by atoms with Gasteiger partial charge in [0.25, 0.3) is 0 Å². The lowest BCUT2D eigenvalue weighted by Gasteiger charge is -2.35. The average molecular weight is 481 g/mol. The number of alkyl halides is 3. The second-order valence-corrected chi connectivity index (χ2v) is 7.66. The summed E-state index contributed by atoms with van der Waals surface area (Å²) in [5.74, 6) is -0.453. The second kappa shape index (κ2) is 11.0. The van der Waals surface area contributed by atoms with E-state index in [4.69, 9.17) is 16.3 Å². The number of nitrogens with one attached hydrogen (secondary N) is 1. The van der Waals surface area contributed by atoms with Crippen LogP contribution in [0.5, 0.6) is 0 Å². The number of hydrogen-bond donors (Lipinski definition) is 1. The summed E-state index contributed by atoms with van der Waals surface area (Å²) in [4.78, 5) is 13.6. The van der Waals surface area contributed by atoms with Gasteiger partial charge in [-0.15, -0.1) is 12.4 Å². The molecule has 1 amide bonds. The Morgan fingerprint density at radius 3 is 2.58 bits per heavy atom. The molecule has 0 bridgehead atoms. The van der Waals surface area contributed by atoms with Gasteiger partial charge < -0.3 is 4.74 Å². The maximum absolute atomic E-state index is 13.5. The van der Waals surface area contributed by atoms with E-state index in [-0.39, 0.29) is 29.8 Å². The van der Waals surface area contributed by atoms with E-state index in [1.807, 2.05) is 0 Å². The zero-order valence-corrected chi connectivity index (χ0v) is 17.9. The van der Waals surface area contributed by atoms with E-state index in [2.05, 4.69) is 5.32 Å². The lowest BCUT2D eigenvalue weighted by atomic mass is 9.90. The van der Waals surface area contributed by atoms with Gasteiger partial charge in [0.1, 0.15) is 5.82 Å². The van der Waals surface area contributed by atoms with Gasteiger partial charge in [0, 0.05) is 23.8 Å². The largest absolute Gasteiger partial charge is 0.435 e. The van der Waals surface area contributed by atoms with Gasteiger partial charge >= 0.3 is 12.3 Å². The van der Waals surface area contributed by atoms with Crippen LogP contribution >= 0.6 is 24.0 Å². The molecule has 0 saturated carbocycles. The quantitative estimate of drug-likeness (QED) is 0.513. The van der Waals surface area contributed by atoms with E-state index >= 15 is 0 Å². The molecule has 1 heterocycles. The highest BCUT2D eigenvalue weighted by Gasteiger charge is 2.44. The van der Waals surface area contributed by atoms with Crippen molar-refractivity contribution in [3.05, 3.63) is 64.9 Å². The number of anilines is 1. The lowest BCUT2D eigenvalue weighted by Crippen LogP contribution is -2.47. The number of likely N-dealkylation sites (tertiary alicyclic amines) is 1. The molecule has 1 aliphatic heterocycles. The summed E-state index contributed by atoms with van der Waals surface area (Å²) in [5.41, 5.74) is 1.03. The van der Waals surface area contributed by atoms with E-state index in [1.165, 1.54) is 36.4 Å². The number of carbonyl (C=O) groups is 1. The predicted octanol–water partition coefficient (Wildman–Crippen LogP) is 6.26. The zero-order chi connectivity index (χ0) is 21.7. The Bertz CT molecular complexity index is 865. The Balaban J connectivity index is 0.00000341. The van der Waals surface area contributed by atoms with Crippen LogP contribution in [0.4, 0.5) is 28.0 Å². The number of hydrogen-bond acceptors (Lipinski definition) is 3. The molecule has 1 saturated heterocycles. The first-order chi connectivity index (χ1) is 14.2. The van der Waals surface area contributed by atoms with Gasteiger partial charge in [-0.1, -0.05) is 23.7 Å². The summed E-state index contributed by atoms with van der Waals surface area (Å²) >= 11 is 5.75. The average Bonchev–Trinajstić information content (AvgIpc) is 2.69. The summed E-state index contributed by atoms with van der Waals surface area (Å²) in [6.07, 6.45) is -6.77.